The number of alkyl halides is 1. The number of nitrogens with zero attached hydrogens (tertiary/aromatic N) is 1. The van der Waals surface area contributed by atoms with Gasteiger partial charge in [-0.2, -0.15) is 0 Å². The van der Waals surface area contributed by atoms with E-state index in [1.807, 2.05) is 18.2 Å². The van der Waals surface area contributed by atoms with Gasteiger partial charge in [-0.05, 0) is 30.3 Å². The first-order chi connectivity index (χ1) is 12.1. The van der Waals surface area contributed by atoms with Gasteiger partial charge in [-0.3, -0.25) is 9.59 Å². The molecule has 3 aromatic rings. The highest BCUT2D eigenvalue weighted by molar-refractivity contribution is 8.01. The molecule has 0 fully saturated rings. The second-order valence-electron chi connectivity index (χ2n) is 4.99. The van der Waals surface area contributed by atoms with Crippen molar-refractivity contribution in [2.75, 3.05) is 16.9 Å². The fourth-order valence-corrected chi connectivity index (χ4v) is 4.02. The van der Waals surface area contributed by atoms with Crippen LogP contribution in [0.1, 0.15) is 5.76 Å². The number of nitrogens with one attached hydrogen (secondary N) is 2. The van der Waals surface area contributed by atoms with Gasteiger partial charge in [0.2, 0.25) is 11.8 Å². The lowest BCUT2D eigenvalue weighted by molar-refractivity contribution is -0.118. The minimum Gasteiger partial charge on any atom is -0.467 e. The summed E-state index contributed by atoms with van der Waals surface area (Å²) in [5.74, 6) is 0.555. The lowest BCUT2D eigenvalue weighted by Gasteiger charge is -2.01. The Kier molecular flexibility index (Phi) is 5.95. The molecule has 130 valence electrons. The summed E-state index contributed by atoms with van der Waals surface area (Å²) in [5.41, 5.74) is 1.50. The van der Waals surface area contributed by atoms with Gasteiger partial charge in [0.1, 0.15) is 11.6 Å². The van der Waals surface area contributed by atoms with Crippen LogP contribution in [0.15, 0.2) is 45.4 Å². The van der Waals surface area contributed by atoms with E-state index in [1.165, 1.54) is 23.1 Å². The minimum atomic E-state index is -0.256. The van der Waals surface area contributed by atoms with Crippen LogP contribution in [0.5, 0.6) is 0 Å². The molecule has 0 bridgehead atoms. The van der Waals surface area contributed by atoms with Gasteiger partial charge in [0, 0.05) is 5.69 Å². The van der Waals surface area contributed by atoms with Gasteiger partial charge in [-0.1, -0.05) is 11.8 Å². The lowest BCUT2D eigenvalue weighted by Crippen LogP contribution is -2.24. The first kappa shape index (κ1) is 17.8. The molecule has 0 unspecified atom stereocenters. The number of fused-ring (bicyclic) bond motifs is 1. The number of anilines is 1. The van der Waals surface area contributed by atoms with Crippen molar-refractivity contribution in [3.05, 3.63) is 42.4 Å². The second-order valence-corrected chi connectivity index (χ2v) is 7.51. The molecule has 0 aliphatic rings. The van der Waals surface area contributed by atoms with Crippen LogP contribution in [0.25, 0.3) is 10.2 Å². The third kappa shape index (κ3) is 4.97. The number of halogens is 1. The molecule has 0 aliphatic carbocycles. The average Bonchev–Trinajstić information content (AvgIpc) is 3.26. The van der Waals surface area contributed by atoms with Gasteiger partial charge in [0.05, 0.1) is 28.8 Å². The molecule has 25 heavy (non-hydrogen) atoms. The number of benzene rings is 1. The number of aromatic nitrogens is 1. The Morgan fingerprint density at radius 3 is 2.92 bits per heavy atom. The predicted molar refractivity (Wildman–Crippen MR) is 100 cm³/mol. The Balaban J connectivity index is 1.56. The molecule has 2 heterocycles. The molecule has 3 rings (SSSR count). The maximum Gasteiger partial charge on any atom is 0.239 e. The Morgan fingerprint density at radius 2 is 2.16 bits per heavy atom. The van der Waals surface area contributed by atoms with Crippen molar-refractivity contribution in [3.63, 3.8) is 0 Å². The maximum absolute atomic E-state index is 11.9. The van der Waals surface area contributed by atoms with E-state index < -0.39 is 0 Å². The van der Waals surface area contributed by atoms with E-state index in [2.05, 4.69) is 15.6 Å². The van der Waals surface area contributed by atoms with Crippen LogP contribution in [0.2, 0.25) is 0 Å². The van der Waals surface area contributed by atoms with Crippen molar-refractivity contribution in [1.82, 2.24) is 10.3 Å². The van der Waals surface area contributed by atoms with Gasteiger partial charge in [0.25, 0.3) is 0 Å². The summed E-state index contributed by atoms with van der Waals surface area (Å²) in [4.78, 5) is 27.7. The number of rotatable bonds is 7. The molecule has 1 aromatic carbocycles. The lowest BCUT2D eigenvalue weighted by atomic mass is 10.3. The predicted octanol–water partition coefficient (Wildman–Crippen LogP) is 3.48. The van der Waals surface area contributed by atoms with Crippen LogP contribution in [-0.4, -0.2) is 28.4 Å². The van der Waals surface area contributed by atoms with Crippen molar-refractivity contribution in [1.29, 1.82) is 0 Å². The highest BCUT2D eigenvalue weighted by atomic mass is 35.5. The van der Waals surface area contributed by atoms with Gasteiger partial charge in [-0.25, -0.2) is 4.98 Å². The third-order valence-electron chi connectivity index (χ3n) is 3.14. The van der Waals surface area contributed by atoms with E-state index in [-0.39, 0.29) is 23.4 Å². The fraction of sp³-hybridized carbons (Fsp3) is 0.188. The molecule has 2 aromatic heterocycles. The van der Waals surface area contributed by atoms with Crippen molar-refractivity contribution in [2.24, 2.45) is 0 Å². The number of thioether (sulfide) groups is 1. The van der Waals surface area contributed by atoms with Crippen molar-refractivity contribution in [2.45, 2.75) is 10.9 Å². The number of furan rings is 1. The largest absolute Gasteiger partial charge is 0.467 e. The Hall–Kier alpha value is -2.03. The summed E-state index contributed by atoms with van der Waals surface area (Å²) in [7, 11) is 0. The number of hydrogen-bond donors (Lipinski definition) is 2. The summed E-state index contributed by atoms with van der Waals surface area (Å²) >= 11 is 8.33. The number of amides is 2. The van der Waals surface area contributed by atoms with E-state index in [1.54, 1.807) is 18.4 Å². The van der Waals surface area contributed by atoms with E-state index in [9.17, 15) is 9.59 Å². The van der Waals surface area contributed by atoms with Crippen molar-refractivity contribution in [3.8, 4) is 0 Å². The minimum absolute atomic E-state index is 0.0873. The topological polar surface area (TPSA) is 84.2 Å². The van der Waals surface area contributed by atoms with Gasteiger partial charge < -0.3 is 15.1 Å². The molecule has 2 N–H and O–H groups in total. The van der Waals surface area contributed by atoms with E-state index in [0.717, 1.165) is 14.6 Å². The molecule has 0 saturated carbocycles. The highest BCUT2D eigenvalue weighted by Gasteiger charge is 2.09. The normalized spacial score (nSPS) is 10.8. The van der Waals surface area contributed by atoms with Crippen LogP contribution < -0.4 is 10.6 Å². The molecular weight excluding hydrogens is 382 g/mol. The zero-order valence-corrected chi connectivity index (χ0v) is 15.3. The van der Waals surface area contributed by atoms with Crippen LogP contribution >= 0.6 is 34.7 Å². The molecule has 0 aliphatic heterocycles. The molecule has 0 saturated heterocycles. The summed E-state index contributed by atoms with van der Waals surface area (Å²) in [5, 5.41) is 5.49. The first-order valence-corrected chi connectivity index (χ1v) is 9.66. The Bertz CT molecular complexity index is 880. The number of carbonyl (C=O) groups excluding carboxylic acids is 2. The van der Waals surface area contributed by atoms with E-state index in [0.29, 0.717) is 18.0 Å². The van der Waals surface area contributed by atoms with Gasteiger partial charge in [0.15, 0.2) is 4.34 Å². The monoisotopic (exact) mass is 395 g/mol. The number of thiazole rings is 1. The van der Waals surface area contributed by atoms with Crippen molar-refractivity contribution >= 4 is 62.4 Å². The quantitative estimate of drug-likeness (QED) is 0.472. The fourth-order valence-electron chi connectivity index (χ4n) is 2.01. The Labute approximate surface area is 156 Å². The Morgan fingerprint density at radius 1 is 1.28 bits per heavy atom. The molecule has 0 radical (unpaired) electrons. The molecule has 9 heteroatoms. The second kappa shape index (κ2) is 8.37. The van der Waals surface area contributed by atoms with Crippen LogP contribution in [-0.2, 0) is 16.1 Å². The molecule has 2 amide bonds. The van der Waals surface area contributed by atoms with Crippen molar-refractivity contribution < 1.29 is 14.0 Å². The highest BCUT2D eigenvalue weighted by Crippen LogP contribution is 2.31. The summed E-state index contributed by atoms with van der Waals surface area (Å²) in [6, 6.07) is 9.04. The van der Waals surface area contributed by atoms with Crippen LogP contribution in [0.3, 0.4) is 0 Å². The third-order valence-corrected chi connectivity index (χ3v) is 5.54. The van der Waals surface area contributed by atoms with Crippen LogP contribution in [0.4, 0.5) is 5.69 Å². The smallest absolute Gasteiger partial charge is 0.239 e. The molecular formula is C16H14ClN3O3S2. The number of hydrogen-bond acceptors (Lipinski definition) is 6. The summed E-state index contributed by atoms with van der Waals surface area (Å²) in [6.07, 6.45) is 1.57. The first-order valence-electron chi connectivity index (χ1n) is 7.32. The summed E-state index contributed by atoms with van der Waals surface area (Å²) < 4.78 is 6.89. The number of carbonyl (C=O) groups is 2. The maximum atomic E-state index is 11.9. The van der Waals surface area contributed by atoms with E-state index in [4.69, 9.17) is 16.0 Å². The van der Waals surface area contributed by atoms with Crippen LogP contribution in [0, 0.1) is 0 Å². The van der Waals surface area contributed by atoms with E-state index >= 15 is 0 Å². The van der Waals surface area contributed by atoms with Gasteiger partial charge in [-0.15, -0.1) is 22.9 Å². The molecule has 6 nitrogen and oxygen atoms in total. The average molecular weight is 396 g/mol. The molecule has 0 atom stereocenters. The SMILES string of the molecule is O=C(CSc1nc2ccc(NC(=O)CCl)cc2s1)NCc1ccco1. The zero-order valence-electron chi connectivity index (χ0n) is 13.0. The molecule has 0 spiro atoms. The summed E-state index contributed by atoms with van der Waals surface area (Å²) in [6.45, 7) is 0.371. The van der Waals surface area contributed by atoms with Gasteiger partial charge >= 0.3 is 0 Å². The standard InChI is InChI=1S/C16H14ClN3O3S2/c17-7-14(21)19-10-3-4-12-13(6-10)25-16(20-12)24-9-15(22)18-8-11-2-1-5-23-11/h1-6H,7-9H2,(H,18,22)(H,19,21). The zero-order chi connectivity index (χ0) is 17.6.